The first-order chi connectivity index (χ1) is 36.5. The van der Waals surface area contributed by atoms with Crippen LogP contribution in [0.1, 0.15) is 124 Å². The molecule has 4 nitrogen and oxygen atoms in total. The molecule has 10 aromatic rings. The first kappa shape index (κ1) is 50.7. The molecule has 14 rings (SSSR count). The average Bonchev–Trinajstić information content (AvgIpc) is 3.95. The normalized spacial score (nSPS) is 17.5. The summed E-state index contributed by atoms with van der Waals surface area (Å²) in [4.78, 5) is 11.2. The van der Waals surface area contributed by atoms with Crippen molar-refractivity contribution in [1.29, 1.82) is 0 Å². The van der Waals surface area contributed by atoms with Crippen LogP contribution in [0.3, 0.4) is 0 Å². The van der Waals surface area contributed by atoms with Gasteiger partial charge in [0.2, 0.25) is 0 Å². The van der Waals surface area contributed by atoms with E-state index in [1.807, 2.05) is 6.20 Å². The monoisotopic (exact) mass is 1180 g/mol. The molecule has 2 bridgehead atoms. The zero-order chi connectivity index (χ0) is 52.4. The van der Waals surface area contributed by atoms with Gasteiger partial charge in [-0.3, -0.25) is 9.55 Å². The van der Waals surface area contributed by atoms with Crippen molar-refractivity contribution >= 4 is 11.0 Å². The second-order valence-corrected chi connectivity index (χ2v) is 25.0. The van der Waals surface area contributed by atoms with Gasteiger partial charge in [-0.25, -0.2) is 4.98 Å². The topological polar surface area (TPSA) is 50.9 Å². The molecule has 1 N–H and O–H groups in total. The van der Waals surface area contributed by atoms with Gasteiger partial charge >= 0.3 is 0 Å². The Labute approximate surface area is 469 Å². The molecule has 386 valence electrons. The summed E-state index contributed by atoms with van der Waals surface area (Å²) in [7, 11) is 0. The quantitative estimate of drug-likeness (QED) is 0.175. The molecule has 8 aromatic carbocycles. The van der Waals surface area contributed by atoms with E-state index in [0.717, 1.165) is 74.2 Å². The largest absolute Gasteiger partial charge is 0.507 e. The Hall–Kier alpha value is -7.13. The van der Waals surface area contributed by atoms with Crippen molar-refractivity contribution in [2.45, 2.75) is 103 Å². The summed E-state index contributed by atoms with van der Waals surface area (Å²) in [6, 6.07) is 69.1. The van der Waals surface area contributed by atoms with Gasteiger partial charge < -0.3 is 5.11 Å². The van der Waals surface area contributed by atoms with Crippen LogP contribution in [0.5, 0.6) is 5.75 Å². The molecule has 4 aliphatic rings. The number of phenolic OH excluding ortho intramolecular Hbond substituents is 1. The van der Waals surface area contributed by atoms with Crippen molar-refractivity contribution in [3.8, 4) is 67.5 Å². The van der Waals surface area contributed by atoms with Crippen LogP contribution in [-0.2, 0) is 50.2 Å². The summed E-state index contributed by atoms with van der Waals surface area (Å²) in [6.07, 6.45) is 3.84. The van der Waals surface area contributed by atoms with Crippen molar-refractivity contribution in [3.05, 3.63) is 238 Å². The Balaban J connectivity index is 0.00000596. The van der Waals surface area contributed by atoms with E-state index < -0.39 is 0 Å². The Morgan fingerprint density at radius 1 is 0.519 bits per heavy atom. The number of fused-ring (bicyclic) bond motifs is 4. The maximum absolute atomic E-state index is 12.7. The number of rotatable bonds is 5. The molecule has 0 radical (unpaired) electrons. The van der Waals surface area contributed by atoms with Crippen molar-refractivity contribution in [2.24, 2.45) is 11.8 Å². The third-order valence-electron chi connectivity index (χ3n) is 17.2. The first-order valence-corrected chi connectivity index (χ1v) is 27.4. The Morgan fingerprint density at radius 2 is 1.09 bits per heavy atom. The molecule has 0 fully saturated rings. The van der Waals surface area contributed by atoms with E-state index in [1.54, 1.807) is 0 Å². The minimum atomic E-state index is -0.337. The van der Waals surface area contributed by atoms with E-state index in [4.69, 9.17) is 9.97 Å². The molecule has 4 aliphatic carbocycles. The number of phenols is 1. The van der Waals surface area contributed by atoms with Crippen molar-refractivity contribution in [1.82, 2.24) is 14.5 Å². The average molecular weight is 1180 g/mol. The van der Waals surface area contributed by atoms with Crippen LogP contribution in [-0.4, -0.2) is 19.6 Å². The smallest absolute Gasteiger partial charge is 0.148 e. The van der Waals surface area contributed by atoms with E-state index in [0.29, 0.717) is 29.1 Å². The van der Waals surface area contributed by atoms with Gasteiger partial charge in [0.05, 0.1) is 22.3 Å². The fourth-order valence-corrected chi connectivity index (χ4v) is 13.4. The third kappa shape index (κ3) is 8.45. The second kappa shape index (κ2) is 18.8. The molecule has 0 saturated heterocycles. The molecule has 2 unspecified atom stereocenters. The van der Waals surface area contributed by atoms with Crippen LogP contribution in [0.2, 0.25) is 0 Å². The number of benzene rings is 8. The fraction of sp³-hybridized carbons (Fsp3) is 0.250. The van der Waals surface area contributed by atoms with Crippen molar-refractivity contribution in [2.75, 3.05) is 0 Å². The van der Waals surface area contributed by atoms with E-state index in [-0.39, 0.29) is 49.0 Å². The van der Waals surface area contributed by atoms with Crippen LogP contribution in [0.4, 0.5) is 0 Å². The van der Waals surface area contributed by atoms with Gasteiger partial charge in [-0.1, -0.05) is 213 Å². The summed E-state index contributed by atoms with van der Waals surface area (Å²) < 4.78 is 2.31. The van der Waals surface area contributed by atoms with Gasteiger partial charge in [-0.05, 0) is 120 Å². The maximum Gasteiger partial charge on any atom is 0.148 e. The number of hydrogen-bond donors (Lipinski definition) is 1. The van der Waals surface area contributed by atoms with Gasteiger partial charge in [0, 0.05) is 55.9 Å². The number of aromatic nitrogens is 3. The predicted octanol–water partition coefficient (Wildman–Crippen LogP) is 17.8. The number of hydrogen-bond acceptors (Lipinski definition) is 3. The summed E-state index contributed by atoms with van der Waals surface area (Å²) in [6.45, 7) is 20.1. The number of para-hydroxylation sites is 1. The molecule has 0 aliphatic heterocycles. The maximum atomic E-state index is 12.7. The van der Waals surface area contributed by atoms with Gasteiger partial charge in [0.15, 0.2) is 0 Å². The van der Waals surface area contributed by atoms with Gasteiger partial charge in [0.25, 0.3) is 0 Å². The van der Waals surface area contributed by atoms with Crippen molar-refractivity contribution in [3.63, 3.8) is 0 Å². The molecular formula is C72H66N3OPt-. The molecule has 5 heteroatoms. The summed E-state index contributed by atoms with van der Waals surface area (Å²) >= 11 is 0. The van der Waals surface area contributed by atoms with Crippen LogP contribution < -0.4 is 0 Å². The zero-order valence-corrected chi connectivity index (χ0v) is 47.9. The van der Waals surface area contributed by atoms with E-state index in [1.165, 1.54) is 50.1 Å². The molecule has 0 amide bonds. The Morgan fingerprint density at radius 3 is 1.69 bits per heavy atom. The van der Waals surface area contributed by atoms with Gasteiger partial charge in [-0.15, -0.1) is 29.3 Å². The first-order valence-electron chi connectivity index (χ1n) is 27.4. The number of pyridine rings is 1. The third-order valence-corrected chi connectivity index (χ3v) is 17.2. The molecular weight excluding hydrogens is 1120 g/mol. The molecule has 0 spiro atoms. The molecule has 2 aromatic heterocycles. The van der Waals surface area contributed by atoms with E-state index >= 15 is 0 Å². The minimum Gasteiger partial charge on any atom is -0.507 e. The number of aromatic hydroxyl groups is 1. The zero-order valence-electron chi connectivity index (χ0n) is 45.6. The summed E-state index contributed by atoms with van der Waals surface area (Å²) in [5.74, 6) is 2.30. The minimum absolute atomic E-state index is 0. The molecule has 2 atom stereocenters. The summed E-state index contributed by atoms with van der Waals surface area (Å²) in [5.41, 5.74) is 23.4. The molecule has 0 saturated carbocycles. The Kier molecular flexibility index (Phi) is 12.4. The van der Waals surface area contributed by atoms with Gasteiger partial charge in [-0.2, -0.15) is 0 Å². The number of imidazole rings is 1. The molecule has 77 heavy (non-hydrogen) atoms. The second-order valence-electron chi connectivity index (χ2n) is 25.0. The van der Waals surface area contributed by atoms with Crippen LogP contribution in [0.15, 0.2) is 182 Å². The summed E-state index contributed by atoms with van der Waals surface area (Å²) in [5, 5.41) is 12.7. The van der Waals surface area contributed by atoms with Crippen LogP contribution in [0.25, 0.3) is 72.7 Å². The van der Waals surface area contributed by atoms with E-state index in [2.05, 4.69) is 249 Å². The van der Waals surface area contributed by atoms with Crippen molar-refractivity contribution < 1.29 is 26.2 Å². The van der Waals surface area contributed by atoms with Crippen LogP contribution in [0, 0.1) is 17.9 Å². The number of nitrogens with zero attached hydrogens (tertiary/aromatic N) is 3. The predicted molar refractivity (Wildman–Crippen MR) is 314 cm³/mol. The van der Waals surface area contributed by atoms with Crippen LogP contribution >= 0.6 is 0 Å². The Bertz CT molecular complexity index is 3880. The van der Waals surface area contributed by atoms with E-state index in [9.17, 15) is 5.11 Å². The SMILES string of the molecule is CC(C)(C)c1ccc(-n2c(-c3cc(C(C)(C)C)cc(C(C)(C)C)c3O)nc3c(-c4[c-]c5c(cc4)CC4C6c7ccccc7C(c7ccccc76)C4Cc4c(-c6ccccc6)ccnc4-5)cccc32)c(-c2ccccc2)c1.[Pt]. The fourth-order valence-electron chi connectivity index (χ4n) is 13.4. The standard InChI is InChI=1S/C72H66N3O.Pt/c1-70(2,3)47-33-34-62(55(39-47)44-23-14-11-15-24-44)75-63-30-20-29-50(67(63)74-69(75)60-40-48(71(4,5)6)41-61(68(60)76)72(7,8)9)45-31-32-46-38-57-58(65-53-27-18-16-25-51(53)64(57)52-26-17-19-28-54(52)65)42-59-49(43-21-12-10-13-22-43)35-36-73-66(59)56(46)37-45;/h10-36,39-41,57-58,64-65,76H,38,42H2,1-9H3;/q-1;. The molecule has 2 heterocycles. The van der Waals surface area contributed by atoms with Gasteiger partial charge in [0.1, 0.15) is 11.6 Å².